The zero-order chi connectivity index (χ0) is 14.3. The molecule has 0 aromatic carbocycles. The predicted octanol–water partition coefficient (Wildman–Crippen LogP) is 2.97. The molecule has 1 N–H and O–H groups in total. The first kappa shape index (κ1) is 16.0. The lowest BCUT2D eigenvalue weighted by molar-refractivity contribution is -0.0368. The van der Waals surface area contributed by atoms with E-state index in [-0.39, 0.29) is 0 Å². The Bertz CT molecular complexity index is 281. The molecular weight excluding hydrogens is 248 g/mol. The molecule has 116 valence electrons. The smallest absolute Gasteiger partial charge is 0.0594 e. The quantitative estimate of drug-likeness (QED) is 0.546. The van der Waals surface area contributed by atoms with Crippen LogP contribution < -0.4 is 5.32 Å². The van der Waals surface area contributed by atoms with Crippen LogP contribution in [0, 0.1) is 0 Å². The van der Waals surface area contributed by atoms with Crippen molar-refractivity contribution in [2.24, 2.45) is 0 Å². The van der Waals surface area contributed by atoms with Crippen molar-refractivity contribution < 1.29 is 4.74 Å². The SMILES string of the molecule is C=CCCCC(NCC)C1(N2CCOCC2)CCCC1. The number of rotatable bonds is 8. The molecule has 2 aliphatic rings. The summed E-state index contributed by atoms with van der Waals surface area (Å²) in [4.78, 5) is 2.74. The fourth-order valence-electron chi connectivity index (χ4n) is 4.15. The molecule has 1 aliphatic carbocycles. The van der Waals surface area contributed by atoms with E-state index < -0.39 is 0 Å². The molecule has 1 saturated heterocycles. The van der Waals surface area contributed by atoms with Crippen LogP contribution in [0.2, 0.25) is 0 Å². The summed E-state index contributed by atoms with van der Waals surface area (Å²) >= 11 is 0. The maximum atomic E-state index is 5.57. The van der Waals surface area contributed by atoms with E-state index in [1.807, 2.05) is 0 Å². The molecule has 3 nitrogen and oxygen atoms in total. The average molecular weight is 280 g/mol. The molecule has 0 bridgehead atoms. The van der Waals surface area contributed by atoms with Crippen molar-refractivity contribution in [2.75, 3.05) is 32.8 Å². The molecule has 0 aromatic heterocycles. The molecule has 0 amide bonds. The summed E-state index contributed by atoms with van der Waals surface area (Å²) in [6.07, 6.45) is 11.2. The van der Waals surface area contributed by atoms with E-state index in [9.17, 15) is 0 Å². The summed E-state index contributed by atoms with van der Waals surface area (Å²) in [5.41, 5.74) is 0.390. The van der Waals surface area contributed by atoms with E-state index >= 15 is 0 Å². The summed E-state index contributed by atoms with van der Waals surface area (Å²) < 4.78 is 5.57. The van der Waals surface area contributed by atoms with Crippen LogP contribution in [0.25, 0.3) is 0 Å². The van der Waals surface area contributed by atoms with Crippen molar-refractivity contribution in [3.63, 3.8) is 0 Å². The van der Waals surface area contributed by atoms with Crippen LogP contribution in [0.5, 0.6) is 0 Å². The Morgan fingerprint density at radius 2 is 2.00 bits per heavy atom. The summed E-state index contributed by atoms with van der Waals surface area (Å²) in [6.45, 7) is 11.2. The molecule has 1 atom stereocenters. The number of ether oxygens (including phenoxy) is 1. The number of morpholine rings is 1. The van der Waals surface area contributed by atoms with Crippen molar-refractivity contribution in [3.8, 4) is 0 Å². The molecule has 1 heterocycles. The van der Waals surface area contributed by atoms with E-state index in [4.69, 9.17) is 4.74 Å². The van der Waals surface area contributed by atoms with Crippen LogP contribution in [0.4, 0.5) is 0 Å². The number of nitrogens with one attached hydrogen (secondary N) is 1. The Labute approximate surface area is 124 Å². The molecule has 2 fully saturated rings. The van der Waals surface area contributed by atoms with Crippen LogP contribution in [0.15, 0.2) is 12.7 Å². The Morgan fingerprint density at radius 3 is 2.60 bits per heavy atom. The van der Waals surface area contributed by atoms with E-state index in [0.717, 1.165) is 39.3 Å². The molecule has 0 spiro atoms. The second kappa shape index (κ2) is 8.16. The molecular formula is C17H32N2O. The van der Waals surface area contributed by atoms with Crippen LogP contribution in [0.1, 0.15) is 51.9 Å². The molecule has 0 aromatic rings. The minimum Gasteiger partial charge on any atom is -0.379 e. The van der Waals surface area contributed by atoms with Crippen molar-refractivity contribution in [2.45, 2.75) is 63.5 Å². The molecule has 2 rings (SSSR count). The van der Waals surface area contributed by atoms with Crippen molar-refractivity contribution in [1.82, 2.24) is 10.2 Å². The van der Waals surface area contributed by atoms with E-state index in [1.165, 1.54) is 38.5 Å². The molecule has 20 heavy (non-hydrogen) atoms. The molecule has 3 heteroatoms. The number of hydrogen-bond acceptors (Lipinski definition) is 3. The molecule has 1 aliphatic heterocycles. The number of allylic oxidation sites excluding steroid dienone is 1. The van der Waals surface area contributed by atoms with Crippen LogP contribution in [-0.2, 0) is 4.74 Å². The molecule has 0 radical (unpaired) electrons. The highest BCUT2D eigenvalue weighted by Gasteiger charge is 2.45. The van der Waals surface area contributed by atoms with E-state index in [1.54, 1.807) is 0 Å². The van der Waals surface area contributed by atoms with E-state index in [2.05, 4.69) is 29.8 Å². The van der Waals surface area contributed by atoms with Gasteiger partial charge >= 0.3 is 0 Å². The van der Waals surface area contributed by atoms with Gasteiger partial charge in [0, 0.05) is 24.7 Å². The molecule has 1 unspecified atom stereocenters. The lowest BCUT2D eigenvalue weighted by Gasteiger charge is -2.48. The van der Waals surface area contributed by atoms with Gasteiger partial charge in [-0.3, -0.25) is 4.90 Å². The first-order valence-corrected chi connectivity index (χ1v) is 8.50. The van der Waals surface area contributed by atoms with E-state index in [0.29, 0.717) is 11.6 Å². The second-order valence-corrected chi connectivity index (χ2v) is 6.24. The number of nitrogens with zero attached hydrogens (tertiary/aromatic N) is 1. The zero-order valence-electron chi connectivity index (χ0n) is 13.2. The maximum absolute atomic E-state index is 5.57. The van der Waals surface area contributed by atoms with Gasteiger partial charge in [0.2, 0.25) is 0 Å². The Kier molecular flexibility index (Phi) is 6.53. The topological polar surface area (TPSA) is 24.5 Å². The third-order valence-corrected chi connectivity index (χ3v) is 5.11. The van der Waals surface area contributed by atoms with Crippen LogP contribution >= 0.6 is 0 Å². The van der Waals surface area contributed by atoms with Gasteiger partial charge in [0.25, 0.3) is 0 Å². The summed E-state index contributed by atoms with van der Waals surface area (Å²) in [7, 11) is 0. The van der Waals surface area contributed by atoms with Gasteiger partial charge in [0.1, 0.15) is 0 Å². The third-order valence-electron chi connectivity index (χ3n) is 5.11. The fraction of sp³-hybridized carbons (Fsp3) is 0.882. The number of unbranched alkanes of at least 4 members (excludes halogenated alkanes) is 1. The Morgan fingerprint density at radius 1 is 1.30 bits per heavy atom. The fourth-order valence-corrected chi connectivity index (χ4v) is 4.15. The number of likely N-dealkylation sites (N-methyl/N-ethyl adjacent to an activating group) is 1. The first-order valence-electron chi connectivity index (χ1n) is 8.50. The monoisotopic (exact) mass is 280 g/mol. The lowest BCUT2D eigenvalue weighted by Crippen LogP contribution is -2.62. The third kappa shape index (κ3) is 3.63. The minimum absolute atomic E-state index is 0.390. The van der Waals surface area contributed by atoms with Gasteiger partial charge in [0.15, 0.2) is 0 Å². The van der Waals surface area contributed by atoms with Gasteiger partial charge in [-0.05, 0) is 38.6 Å². The highest BCUT2D eigenvalue weighted by molar-refractivity contribution is 5.04. The molecule has 1 saturated carbocycles. The zero-order valence-corrected chi connectivity index (χ0v) is 13.2. The van der Waals surface area contributed by atoms with Gasteiger partial charge in [-0.25, -0.2) is 0 Å². The van der Waals surface area contributed by atoms with Gasteiger partial charge < -0.3 is 10.1 Å². The van der Waals surface area contributed by atoms with Crippen LogP contribution in [0.3, 0.4) is 0 Å². The summed E-state index contributed by atoms with van der Waals surface area (Å²) in [5, 5.41) is 3.80. The second-order valence-electron chi connectivity index (χ2n) is 6.24. The normalized spacial score (nSPS) is 24.6. The van der Waals surface area contributed by atoms with Gasteiger partial charge in [-0.15, -0.1) is 6.58 Å². The first-order chi connectivity index (χ1) is 9.83. The van der Waals surface area contributed by atoms with Crippen molar-refractivity contribution in [1.29, 1.82) is 0 Å². The highest BCUT2D eigenvalue weighted by Crippen LogP contribution is 2.40. The largest absolute Gasteiger partial charge is 0.379 e. The van der Waals surface area contributed by atoms with Gasteiger partial charge in [-0.2, -0.15) is 0 Å². The Balaban J connectivity index is 2.07. The number of hydrogen-bond donors (Lipinski definition) is 1. The van der Waals surface area contributed by atoms with Gasteiger partial charge in [0.05, 0.1) is 13.2 Å². The lowest BCUT2D eigenvalue weighted by atomic mass is 9.82. The van der Waals surface area contributed by atoms with Crippen molar-refractivity contribution >= 4 is 0 Å². The Hall–Kier alpha value is -0.380. The maximum Gasteiger partial charge on any atom is 0.0594 e. The standard InChI is InChI=1S/C17H32N2O/c1-3-5-6-9-16(18-4-2)17(10-7-8-11-17)19-12-14-20-15-13-19/h3,16,18H,1,4-15H2,2H3. The summed E-state index contributed by atoms with van der Waals surface area (Å²) in [6, 6.07) is 0.632. The highest BCUT2D eigenvalue weighted by atomic mass is 16.5. The average Bonchev–Trinajstić information content (AvgIpc) is 2.98. The van der Waals surface area contributed by atoms with Gasteiger partial charge in [-0.1, -0.05) is 25.8 Å². The predicted molar refractivity (Wildman–Crippen MR) is 85.1 cm³/mol. The summed E-state index contributed by atoms with van der Waals surface area (Å²) in [5.74, 6) is 0. The minimum atomic E-state index is 0.390. The van der Waals surface area contributed by atoms with Crippen molar-refractivity contribution in [3.05, 3.63) is 12.7 Å². The van der Waals surface area contributed by atoms with Crippen LogP contribution in [-0.4, -0.2) is 49.3 Å².